The number of hydrogen-bond acceptors (Lipinski definition) is 3. The topological polar surface area (TPSA) is 54.0 Å². The number of benzene rings is 1. The number of pyridine rings is 1. The Labute approximate surface area is 133 Å². The lowest BCUT2D eigenvalue weighted by Crippen LogP contribution is -2.23. The van der Waals surface area contributed by atoms with E-state index >= 15 is 0 Å². The van der Waals surface area contributed by atoms with Crippen LogP contribution in [0.2, 0.25) is 0 Å². The van der Waals surface area contributed by atoms with Gasteiger partial charge in [0.1, 0.15) is 5.82 Å². The van der Waals surface area contributed by atoms with Gasteiger partial charge >= 0.3 is 0 Å². The summed E-state index contributed by atoms with van der Waals surface area (Å²) in [4.78, 5) is 16.6. The van der Waals surface area contributed by atoms with Gasteiger partial charge in [-0.2, -0.15) is 0 Å². The summed E-state index contributed by atoms with van der Waals surface area (Å²) in [5, 5.41) is 6.05. The number of nitrogens with zero attached hydrogens (tertiary/aromatic N) is 1. The first-order valence-electron chi connectivity index (χ1n) is 6.83. The summed E-state index contributed by atoms with van der Waals surface area (Å²) < 4.78 is 1.00. The van der Waals surface area contributed by atoms with Gasteiger partial charge in [0.15, 0.2) is 0 Å². The third kappa shape index (κ3) is 4.56. The molecule has 0 bridgehead atoms. The predicted molar refractivity (Wildman–Crippen MR) is 88.4 cm³/mol. The largest absolute Gasteiger partial charge is 0.370 e. The van der Waals surface area contributed by atoms with Crippen LogP contribution in [-0.2, 0) is 6.54 Å². The Balaban J connectivity index is 2.06. The zero-order chi connectivity index (χ0) is 15.2. The fraction of sp³-hybridized carbons (Fsp3) is 0.250. The first-order chi connectivity index (χ1) is 10.1. The van der Waals surface area contributed by atoms with E-state index in [9.17, 15) is 4.79 Å². The molecule has 1 heterocycles. The van der Waals surface area contributed by atoms with Crippen LogP contribution in [0.15, 0.2) is 40.9 Å². The zero-order valence-electron chi connectivity index (χ0n) is 12.1. The molecule has 0 saturated heterocycles. The maximum Gasteiger partial charge on any atom is 0.251 e. The highest BCUT2D eigenvalue weighted by molar-refractivity contribution is 9.10. The van der Waals surface area contributed by atoms with Crippen LogP contribution in [0.25, 0.3) is 0 Å². The van der Waals surface area contributed by atoms with Crippen LogP contribution < -0.4 is 10.6 Å². The molecule has 0 radical (unpaired) electrons. The maximum atomic E-state index is 12.2. The number of aryl methyl sites for hydroxylation is 1. The molecule has 110 valence electrons. The monoisotopic (exact) mass is 347 g/mol. The minimum Gasteiger partial charge on any atom is -0.370 e. The van der Waals surface area contributed by atoms with Crippen molar-refractivity contribution < 1.29 is 4.79 Å². The highest BCUT2D eigenvalue weighted by atomic mass is 79.9. The van der Waals surface area contributed by atoms with E-state index in [4.69, 9.17) is 0 Å². The molecule has 0 aliphatic heterocycles. The van der Waals surface area contributed by atoms with E-state index in [1.807, 2.05) is 38.1 Å². The Hall–Kier alpha value is -1.88. The van der Waals surface area contributed by atoms with Crippen LogP contribution in [0.5, 0.6) is 0 Å². The van der Waals surface area contributed by atoms with Crippen LogP contribution in [-0.4, -0.2) is 17.4 Å². The Morgan fingerprint density at radius 1 is 1.29 bits per heavy atom. The minimum atomic E-state index is -0.0976. The number of anilines is 1. The molecule has 0 saturated carbocycles. The Bertz CT molecular complexity index is 643. The second-order valence-corrected chi connectivity index (χ2v) is 5.64. The smallest absolute Gasteiger partial charge is 0.251 e. The second-order valence-electron chi connectivity index (χ2n) is 4.73. The molecule has 2 rings (SSSR count). The summed E-state index contributed by atoms with van der Waals surface area (Å²) in [6.07, 6.45) is 0. The van der Waals surface area contributed by atoms with Crippen molar-refractivity contribution in [1.82, 2.24) is 10.3 Å². The molecule has 5 heteroatoms. The van der Waals surface area contributed by atoms with Crippen molar-refractivity contribution in [3.05, 3.63) is 57.7 Å². The molecule has 0 unspecified atom stereocenters. The highest BCUT2D eigenvalue weighted by Gasteiger charge is 2.08. The summed E-state index contributed by atoms with van der Waals surface area (Å²) in [6.45, 7) is 5.15. The van der Waals surface area contributed by atoms with Crippen molar-refractivity contribution in [3.63, 3.8) is 0 Å². The third-order valence-corrected chi connectivity index (χ3v) is 3.41. The van der Waals surface area contributed by atoms with Gasteiger partial charge in [0, 0.05) is 28.8 Å². The Morgan fingerprint density at radius 3 is 2.81 bits per heavy atom. The molecule has 2 aromatic rings. The molecule has 2 N–H and O–H groups in total. The molecule has 0 aliphatic rings. The van der Waals surface area contributed by atoms with E-state index < -0.39 is 0 Å². The average Bonchev–Trinajstić information content (AvgIpc) is 2.44. The molecule has 4 nitrogen and oxygen atoms in total. The lowest BCUT2D eigenvalue weighted by molar-refractivity contribution is 0.0950. The number of carbonyl (C=O) groups is 1. The highest BCUT2D eigenvalue weighted by Crippen LogP contribution is 2.13. The molecule has 0 aliphatic carbocycles. The normalized spacial score (nSPS) is 10.2. The van der Waals surface area contributed by atoms with Crippen molar-refractivity contribution in [2.45, 2.75) is 20.4 Å². The number of hydrogen-bond donors (Lipinski definition) is 2. The van der Waals surface area contributed by atoms with Crippen molar-refractivity contribution >= 4 is 27.7 Å². The summed E-state index contributed by atoms with van der Waals surface area (Å²) >= 11 is 3.42. The lowest BCUT2D eigenvalue weighted by Gasteiger charge is -2.09. The molecule has 0 fully saturated rings. The van der Waals surface area contributed by atoms with Gasteiger partial charge in [-0.3, -0.25) is 4.79 Å². The molecule has 1 aromatic heterocycles. The molecule has 21 heavy (non-hydrogen) atoms. The van der Waals surface area contributed by atoms with Gasteiger partial charge in [-0.15, -0.1) is 0 Å². The first kappa shape index (κ1) is 15.5. The van der Waals surface area contributed by atoms with Crippen LogP contribution in [0.4, 0.5) is 5.82 Å². The molecule has 0 spiro atoms. The fourth-order valence-electron chi connectivity index (χ4n) is 2.00. The summed E-state index contributed by atoms with van der Waals surface area (Å²) in [7, 11) is 0. The Kier molecular flexibility index (Phi) is 5.33. The quantitative estimate of drug-likeness (QED) is 0.869. The standard InChI is InChI=1S/C16H18BrN3O/c1-3-18-15-9-13(7-11(2)20-15)16(21)19-10-12-5-4-6-14(17)8-12/h4-9H,3,10H2,1-2H3,(H,18,20)(H,19,21). The zero-order valence-corrected chi connectivity index (χ0v) is 13.7. The van der Waals surface area contributed by atoms with Crippen molar-refractivity contribution in [3.8, 4) is 0 Å². The van der Waals surface area contributed by atoms with E-state index in [0.717, 1.165) is 28.1 Å². The van der Waals surface area contributed by atoms with Crippen LogP contribution >= 0.6 is 15.9 Å². The molecular weight excluding hydrogens is 330 g/mol. The van der Waals surface area contributed by atoms with Gasteiger partial charge in [-0.25, -0.2) is 4.98 Å². The molecule has 1 amide bonds. The van der Waals surface area contributed by atoms with Crippen molar-refractivity contribution in [1.29, 1.82) is 0 Å². The van der Waals surface area contributed by atoms with E-state index in [2.05, 4.69) is 31.5 Å². The number of rotatable bonds is 5. The van der Waals surface area contributed by atoms with Gasteiger partial charge in [0.25, 0.3) is 5.91 Å². The number of halogens is 1. The SMILES string of the molecule is CCNc1cc(C(=O)NCc2cccc(Br)c2)cc(C)n1. The van der Waals surface area contributed by atoms with Crippen LogP contribution in [0, 0.1) is 6.92 Å². The molecule has 1 aromatic carbocycles. The van der Waals surface area contributed by atoms with E-state index in [-0.39, 0.29) is 5.91 Å². The lowest BCUT2D eigenvalue weighted by atomic mass is 10.2. The predicted octanol–water partition coefficient (Wildman–Crippen LogP) is 3.51. The van der Waals surface area contributed by atoms with Crippen molar-refractivity contribution in [2.75, 3.05) is 11.9 Å². The summed E-state index contributed by atoms with van der Waals surface area (Å²) in [5.41, 5.74) is 2.49. The average molecular weight is 348 g/mol. The fourth-order valence-corrected chi connectivity index (χ4v) is 2.45. The number of amides is 1. The van der Waals surface area contributed by atoms with Gasteiger partial charge < -0.3 is 10.6 Å². The minimum absolute atomic E-state index is 0.0976. The van der Waals surface area contributed by atoms with E-state index in [1.165, 1.54) is 0 Å². The second kappa shape index (κ2) is 7.22. The maximum absolute atomic E-state index is 12.2. The van der Waals surface area contributed by atoms with E-state index in [1.54, 1.807) is 12.1 Å². The first-order valence-corrected chi connectivity index (χ1v) is 7.63. The summed E-state index contributed by atoms with van der Waals surface area (Å²) in [6, 6.07) is 11.4. The van der Waals surface area contributed by atoms with Gasteiger partial charge in [0.05, 0.1) is 0 Å². The number of carbonyl (C=O) groups excluding carboxylic acids is 1. The van der Waals surface area contributed by atoms with E-state index in [0.29, 0.717) is 12.1 Å². The number of aromatic nitrogens is 1. The molecular formula is C16H18BrN3O. The summed E-state index contributed by atoms with van der Waals surface area (Å²) in [5.74, 6) is 0.629. The van der Waals surface area contributed by atoms with Crippen LogP contribution in [0.1, 0.15) is 28.5 Å². The third-order valence-electron chi connectivity index (χ3n) is 2.92. The van der Waals surface area contributed by atoms with Crippen molar-refractivity contribution in [2.24, 2.45) is 0 Å². The van der Waals surface area contributed by atoms with Gasteiger partial charge in [0.2, 0.25) is 0 Å². The number of nitrogens with one attached hydrogen (secondary N) is 2. The van der Waals surface area contributed by atoms with Gasteiger partial charge in [-0.05, 0) is 43.7 Å². The van der Waals surface area contributed by atoms with Crippen LogP contribution in [0.3, 0.4) is 0 Å². The molecule has 0 atom stereocenters. The van der Waals surface area contributed by atoms with Gasteiger partial charge in [-0.1, -0.05) is 28.1 Å². The Morgan fingerprint density at radius 2 is 2.10 bits per heavy atom.